The third-order valence-corrected chi connectivity index (χ3v) is 5.46. The third kappa shape index (κ3) is 5.32. The Hall–Kier alpha value is -1.85. The van der Waals surface area contributed by atoms with Crippen molar-refractivity contribution in [2.45, 2.75) is 25.8 Å². The number of likely N-dealkylation sites (N-methyl/N-ethyl adjacent to an activating group) is 1. The minimum atomic E-state index is 0.00489. The molecule has 1 aliphatic heterocycles. The van der Waals surface area contributed by atoms with Gasteiger partial charge in [-0.25, -0.2) is 0 Å². The molecular formula is C21H26BrN3O. The topological polar surface area (TPSA) is 35.6 Å². The van der Waals surface area contributed by atoms with Crippen molar-refractivity contribution < 1.29 is 4.79 Å². The van der Waals surface area contributed by atoms with Crippen LogP contribution < -0.4 is 10.2 Å². The fourth-order valence-electron chi connectivity index (χ4n) is 3.33. The second-order valence-electron chi connectivity index (χ2n) is 6.91. The maximum atomic E-state index is 12.3. The van der Waals surface area contributed by atoms with Crippen LogP contribution in [0.3, 0.4) is 0 Å². The maximum absolute atomic E-state index is 12.3. The first-order chi connectivity index (χ1) is 12.6. The molecule has 1 aliphatic rings. The number of piperidine rings is 1. The molecule has 1 N–H and O–H groups in total. The van der Waals surface area contributed by atoms with Crippen LogP contribution in [0.4, 0.5) is 11.4 Å². The van der Waals surface area contributed by atoms with Crippen molar-refractivity contribution in [2.75, 3.05) is 36.9 Å². The largest absolute Gasteiger partial charge is 0.372 e. The van der Waals surface area contributed by atoms with E-state index in [2.05, 4.69) is 44.3 Å². The summed E-state index contributed by atoms with van der Waals surface area (Å²) in [6.07, 6.45) is 3.86. The first-order valence-electron chi connectivity index (χ1n) is 9.18. The molecule has 1 amide bonds. The van der Waals surface area contributed by atoms with Crippen LogP contribution in [0.1, 0.15) is 24.8 Å². The molecule has 0 aliphatic carbocycles. The second kappa shape index (κ2) is 9.19. The summed E-state index contributed by atoms with van der Waals surface area (Å²) in [4.78, 5) is 16.7. The zero-order chi connectivity index (χ0) is 18.4. The molecule has 3 rings (SSSR count). The highest BCUT2D eigenvalue weighted by atomic mass is 79.9. The summed E-state index contributed by atoms with van der Waals surface area (Å²) in [5.41, 5.74) is 3.27. The Morgan fingerprint density at radius 3 is 2.46 bits per heavy atom. The quantitative estimate of drug-likeness (QED) is 0.753. The van der Waals surface area contributed by atoms with Crippen molar-refractivity contribution in [1.29, 1.82) is 0 Å². The number of halogens is 1. The molecule has 0 unspecified atom stereocenters. The van der Waals surface area contributed by atoms with Crippen LogP contribution in [-0.4, -0.2) is 37.5 Å². The minimum absolute atomic E-state index is 0.00489. The van der Waals surface area contributed by atoms with Gasteiger partial charge in [-0.15, -0.1) is 0 Å². The van der Waals surface area contributed by atoms with E-state index in [1.165, 1.54) is 30.5 Å². The number of amides is 1. The van der Waals surface area contributed by atoms with Gasteiger partial charge in [0.05, 0.1) is 6.54 Å². The molecule has 1 heterocycles. The molecule has 2 aromatic carbocycles. The molecule has 0 bridgehead atoms. The van der Waals surface area contributed by atoms with Gasteiger partial charge in [-0.2, -0.15) is 0 Å². The summed E-state index contributed by atoms with van der Waals surface area (Å²) in [5, 5.41) is 2.99. The van der Waals surface area contributed by atoms with E-state index in [0.29, 0.717) is 6.54 Å². The van der Waals surface area contributed by atoms with Gasteiger partial charge in [-0.1, -0.05) is 34.1 Å². The van der Waals surface area contributed by atoms with E-state index in [-0.39, 0.29) is 5.91 Å². The van der Waals surface area contributed by atoms with Gasteiger partial charge < -0.3 is 10.2 Å². The van der Waals surface area contributed by atoms with Gasteiger partial charge in [0.2, 0.25) is 5.91 Å². The number of nitrogens with one attached hydrogen (secondary N) is 1. The zero-order valence-corrected chi connectivity index (χ0v) is 16.8. The number of hydrogen-bond donors (Lipinski definition) is 1. The number of carbonyl (C=O) groups is 1. The van der Waals surface area contributed by atoms with Crippen LogP contribution in [0.5, 0.6) is 0 Å². The monoisotopic (exact) mass is 415 g/mol. The zero-order valence-electron chi connectivity index (χ0n) is 15.2. The van der Waals surface area contributed by atoms with E-state index in [1.807, 2.05) is 42.3 Å². The highest BCUT2D eigenvalue weighted by molar-refractivity contribution is 9.10. The van der Waals surface area contributed by atoms with Crippen LogP contribution in [0.25, 0.3) is 0 Å². The number of nitrogens with zero attached hydrogens (tertiary/aromatic N) is 2. The molecule has 4 nitrogen and oxygen atoms in total. The van der Waals surface area contributed by atoms with Crippen LogP contribution >= 0.6 is 15.9 Å². The van der Waals surface area contributed by atoms with Gasteiger partial charge in [0.25, 0.3) is 0 Å². The minimum Gasteiger partial charge on any atom is -0.372 e. The maximum Gasteiger partial charge on any atom is 0.238 e. The van der Waals surface area contributed by atoms with E-state index >= 15 is 0 Å². The Balaban J connectivity index is 1.50. The number of carbonyl (C=O) groups excluding carboxylic acids is 1. The van der Waals surface area contributed by atoms with Crippen LogP contribution in [-0.2, 0) is 11.3 Å². The third-order valence-electron chi connectivity index (χ3n) is 4.68. The summed E-state index contributed by atoms with van der Waals surface area (Å²) in [5.74, 6) is 0.00489. The molecule has 0 radical (unpaired) electrons. The van der Waals surface area contributed by atoms with Gasteiger partial charge in [0.1, 0.15) is 0 Å². The second-order valence-corrected chi connectivity index (χ2v) is 7.76. The summed E-state index contributed by atoms with van der Waals surface area (Å²) in [7, 11) is 1.96. The lowest BCUT2D eigenvalue weighted by atomic mass is 10.1. The molecular weight excluding hydrogens is 390 g/mol. The molecule has 0 aromatic heterocycles. The molecule has 0 atom stereocenters. The molecule has 2 aromatic rings. The fourth-order valence-corrected chi connectivity index (χ4v) is 3.74. The SMILES string of the molecule is CN(CC(=O)Nc1ccc(N2CCCCC2)cc1)Cc1ccccc1Br. The molecule has 1 fully saturated rings. The van der Waals surface area contributed by atoms with E-state index in [9.17, 15) is 4.79 Å². The Bertz CT molecular complexity index is 726. The van der Waals surface area contributed by atoms with Gasteiger partial charge >= 0.3 is 0 Å². The van der Waals surface area contributed by atoms with Crippen LogP contribution in [0.2, 0.25) is 0 Å². The standard InChI is InChI=1S/C21H26BrN3O/c1-24(15-17-7-3-4-8-20(17)22)16-21(26)23-18-9-11-19(12-10-18)25-13-5-2-6-14-25/h3-4,7-12H,2,5-6,13-16H2,1H3,(H,23,26). The Labute approximate surface area is 164 Å². The summed E-state index contributed by atoms with van der Waals surface area (Å²) >= 11 is 3.55. The molecule has 26 heavy (non-hydrogen) atoms. The van der Waals surface area contributed by atoms with Crippen molar-refractivity contribution in [3.63, 3.8) is 0 Å². The molecule has 0 spiro atoms. The highest BCUT2D eigenvalue weighted by Crippen LogP contribution is 2.22. The van der Waals surface area contributed by atoms with Gasteiger partial charge in [-0.3, -0.25) is 9.69 Å². The Kier molecular flexibility index (Phi) is 6.69. The predicted octanol–water partition coefficient (Wildman–Crippen LogP) is 4.51. The van der Waals surface area contributed by atoms with Crippen molar-refractivity contribution in [3.8, 4) is 0 Å². The van der Waals surface area contributed by atoms with Gasteiger partial charge in [0, 0.05) is 35.5 Å². The van der Waals surface area contributed by atoms with Crippen molar-refractivity contribution in [3.05, 3.63) is 58.6 Å². The molecule has 0 saturated carbocycles. The van der Waals surface area contributed by atoms with Gasteiger partial charge in [-0.05, 0) is 62.2 Å². The Morgan fingerprint density at radius 1 is 1.08 bits per heavy atom. The molecule has 138 valence electrons. The summed E-state index contributed by atoms with van der Waals surface area (Å²) < 4.78 is 1.07. The van der Waals surface area contributed by atoms with Crippen molar-refractivity contribution >= 4 is 33.2 Å². The summed E-state index contributed by atoms with van der Waals surface area (Å²) in [6, 6.07) is 16.3. The number of benzene rings is 2. The van der Waals surface area contributed by atoms with Crippen LogP contribution in [0, 0.1) is 0 Å². The average molecular weight is 416 g/mol. The fraction of sp³-hybridized carbons (Fsp3) is 0.381. The van der Waals surface area contributed by atoms with Crippen molar-refractivity contribution in [1.82, 2.24) is 4.90 Å². The predicted molar refractivity (Wildman–Crippen MR) is 112 cm³/mol. The average Bonchev–Trinajstić information content (AvgIpc) is 2.65. The highest BCUT2D eigenvalue weighted by Gasteiger charge is 2.12. The van der Waals surface area contributed by atoms with E-state index in [4.69, 9.17) is 0 Å². The smallest absolute Gasteiger partial charge is 0.238 e. The lowest BCUT2D eigenvalue weighted by Crippen LogP contribution is -2.30. The van der Waals surface area contributed by atoms with E-state index in [1.54, 1.807) is 0 Å². The summed E-state index contributed by atoms with van der Waals surface area (Å²) in [6.45, 7) is 3.34. The first-order valence-corrected chi connectivity index (χ1v) is 9.98. The number of anilines is 2. The van der Waals surface area contributed by atoms with Gasteiger partial charge in [0.15, 0.2) is 0 Å². The Morgan fingerprint density at radius 2 is 1.77 bits per heavy atom. The number of hydrogen-bond acceptors (Lipinski definition) is 3. The van der Waals surface area contributed by atoms with Crippen LogP contribution in [0.15, 0.2) is 53.0 Å². The van der Waals surface area contributed by atoms with E-state index < -0.39 is 0 Å². The normalized spacial score (nSPS) is 14.5. The number of rotatable bonds is 6. The first kappa shape index (κ1) is 18.9. The lowest BCUT2D eigenvalue weighted by Gasteiger charge is -2.28. The molecule has 1 saturated heterocycles. The van der Waals surface area contributed by atoms with Crippen molar-refractivity contribution in [2.24, 2.45) is 0 Å². The molecule has 5 heteroatoms. The van der Waals surface area contributed by atoms with E-state index in [0.717, 1.165) is 29.8 Å². The lowest BCUT2D eigenvalue weighted by molar-refractivity contribution is -0.117.